The molecule has 0 aliphatic heterocycles. The highest BCUT2D eigenvalue weighted by Gasteiger charge is 2.26. The maximum absolute atomic E-state index is 9.10. The van der Waals surface area contributed by atoms with Crippen LogP contribution in [0.1, 0.15) is 34.6 Å². The van der Waals surface area contributed by atoms with Crippen LogP contribution in [0.3, 0.4) is 0 Å². The van der Waals surface area contributed by atoms with Gasteiger partial charge in [0.05, 0.1) is 0 Å². The first-order valence-electron chi connectivity index (χ1n) is 4.78. The van der Waals surface area contributed by atoms with Gasteiger partial charge in [-0.05, 0) is 18.8 Å². The summed E-state index contributed by atoms with van der Waals surface area (Å²) in [5, 5.41) is 14.8. The summed E-state index contributed by atoms with van der Waals surface area (Å²) in [6.45, 7) is 10.8. The van der Waals surface area contributed by atoms with E-state index in [9.17, 15) is 0 Å². The Balaban J connectivity index is 0. The molecular weight excluding hydrogens is 198 g/mol. The summed E-state index contributed by atoms with van der Waals surface area (Å²) in [5.74, 6) is -2.51. The topological polar surface area (TPSA) is 101 Å². The molecule has 0 spiro atoms. The lowest BCUT2D eigenvalue weighted by Crippen LogP contribution is -2.46. The SMILES string of the molecule is CC(C)C(C)(N)C(C)C.O=C(O)C(=O)O. The van der Waals surface area contributed by atoms with Gasteiger partial charge in [0, 0.05) is 5.54 Å². The molecule has 0 fully saturated rings. The molecule has 0 unspecified atom stereocenters. The first-order chi connectivity index (χ1) is 6.53. The maximum atomic E-state index is 9.10. The van der Waals surface area contributed by atoms with Gasteiger partial charge < -0.3 is 15.9 Å². The molecule has 0 aliphatic carbocycles. The molecule has 0 aromatic rings. The van der Waals surface area contributed by atoms with Crippen molar-refractivity contribution in [2.45, 2.75) is 40.2 Å². The second-order valence-corrected chi connectivity index (χ2v) is 4.29. The molecule has 0 aromatic heterocycles. The summed E-state index contributed by atoms with van der Waals surface area (Å²) in [7, 11) is 0. The lowest BCUT2D eigenvalue weighted by molar-refractivity contribution is -0.159. The van der Waals surface area contributed by atoms with Crippen molar-refractivity contribution in [3.63, 3.8) is 0 Å². The van der Waals surface area contributed by atoms with Gasteiger partial charge in [0.2, 0.25) is 0 Å². The van der Waals surface area contributed by atoms with Crippen LogP contribution in [0, 0.1) is 11.8 Å². The largest absolute Gasteiger partial charge is 0.473 e. The van der Waals surface area contributed by atoms with E-state index >= 15 is 0 Å². The summed E-state index contributed by atoms with van der Waals surface area (Å²) in [6.07, 6.45) is 0. The highest BCUT2D eigenvalue weighted by Crippen LogP contribution is 2.21. The van der Waals surface area contributed by atoms with E-state index < -0.39 is 11.9 Å². The highest BCUT2D eigenvalue weighted by atomic mass is 16.4. The Morgan fingerprint density at radius 2 is 1.20 bits per heavy atom. The molecular formula is C10H21NO4. The Morgan fingerprint density at radius 1 is 1.00 bits per heavy atom. The Labute approximate surface area is 90.3 Å². The summed E-state index contributed by atoms with van der Waals surface area (Å²) >= 11 is 0. The Morgan fingerprint density at radius 3 is 1.20 bits per heavy atom. The van der Waals surface area contributed by atoms with Crippen LogP contribution in [-0.2, 0) is 9.59 Å². The van der Waals surface area contributed by atoms with Crippen LogP contribution in [0.2, 0.25) is 0 Å². The first-order valence-corrected chi connectivity index (χ1v) is 4.78. The van der Waals surface area contributed by atoms with Gasteiger partial charge in [0.25, 0.3) is 0 Å². The first kappa shape index (κ1) is 16.3. The maximum Gasteiger partial charge on any atom is 0.414 e. The van der Waals surface area contributed by atoms with E-state index in [0.717, 1.165) is 0 Å². The summed E-state index contributed by atoms with van der Waals surface area (Å²) in [5.41, 5.74) is 6.00. The van der Waals surface area contributed by atoms with Crippen molar-refractivity contribution in [1.82, 2.24) is 0 Å². The van der Waals surface area contributed by atoms with Crippen molar-refractivity contribution in [2.24, 2.45) is 17.6 Å². The fourth-order valence-electron chi connectivity index (χ4n) is 0.667. The minimum Gasteiger partial charge on any atom is -0.473 e. The quantitative estimate of drug-likeness (QED) is 0.605. The molecule has 0 bridgehead atoms. The highest BCUT2D eigenvalue weighted by molar-refractivity contribution is 6.27. The van der Waals surface area contributed by atoms with E-state index in [1.54, 1.807) is 0 Å². The van der Waals surface area contributed by atoms with Gasteiger partial charge in [-0.3, -0.25) is 0 Å². The Hall–Kier alpha value is -1.10. The van der Waals surface area contributed by atoms with E-state index in [2.05, 4.69) is 34.6 Å². The molecule has 0 atom stereocenters. The van der Waals surface area contributed by atoms with Crippen molar-refractivity contribution in [2.75, 3.05) is 0 Å². The number of hydrogen-bond donors (Lipinski definition) is 3. The van der Waals surface area contributed by atoms with Crippen molar-refractivity contribution in [3.8, 4) is 0 Å². The number of carbonyl (C=O) groups is 2. The molecule has 5 heteroatoms. The monoisotopic (exact) mass is 219 g/mol. The van der Waals surface area contributed by atoms with Crippen molar-refractivity contribution < 1.29 is 19.8 Å². The number of carboxylic acid groups (broad SMARTS) is 2. The third kappa shape index (κ3) is 6.90. The Kier molecular flexibility index (Phi) is 6.96. The van der Waals surface area contributed by atoms with Crippen LogP contribution in [-0.4, -0.2) is 27.7 Å². The van der Waals surface area contributed by atoms with Crippen molar-refractivity contribution in [3.05, 3.63) is 0 Å². The Bertz CT molecular complexity index is 199. The van der Waals surface area contributed by atoms with E-state index in [0.29, 0.717) is 11.8 Å². The van der Waals surface area contributed by atoms with Crippen LogP contribution in [0.15, 0.2) is 0 Å². The zero-order valence-corrected chi connectivity index (χ0v) is 9.94. The zero-order chi connectivity index (χ0) is 12.8. The summed E-state index contributed by atoms with van der Waals surface area (Å²) in [4.78, 5) is 18.2. The van der Waals surface area contributed by atoms with Crippen LogP contribution >= 0.6 is 0 Å². The third-order valence-corrected chi connectivity index (χ3v) is 2.67. The molecule has 0 heterocycles. The molecule has 4 N–H and O–H groups in total. The minimum absolute atomic E-state index is 0.000000000000000222. The van der Waals surface area contributed by atoms with Gasteiger partial charge in [0.15, 0.2) is 0 Å². The van der Waals surface area contributed by atoms with Gasteiger partial charge in [0.1, 0.15) is 0 Å². The third-order valence-electron chi connectivity index (χ3n) is 2.67. The fraction of sp³-hybridized carbons (Fsp3) is 0.800. The van der Waals surface area contributed by atoms with Crippen molar-refractivity contribution in [1.29, 1.82) is 0 Å². The molecule has 0 amide bonds. The van der Waals surface area contributed by atoms with Gasteiger partial charge >= 0.3 is 11.9 Å². The molecule has 90 valence electrons. The van der Waals surface area contributed by atoms with Gasteiger partial charge in [-0.2, -0.15) is 0 Å². The predicted octanol–water partition coefficient (Wildman–Crippen LogP) is 1.17. The lowest BCUT2D eigenvalue weighted by atomic mass is 9.80. The van der Waals surface area contributed by atoms with E-state index in [1.165, 1.54) is 0 Å². The molecule has 15 heavy (non-hydrogen) atoms. The standard InChI is InChI=1S/C8H19N.C2H2O4/c1-6(2)8(5,9)7(3)4;3-1(4)2(5)6/h6-7H,9H2,1-5H3;(H,3,4)(H,5,6). The fourth-order valence-corrected chi connectivity index (χ4v) is 0.667. The second-order valence-electron chi connectivity index (χ2n) is 4.29. The molecule has 0 aliphatic rings. The molecule has 0 saturated carbocycles. The number of nitrogens with two attached hydrogens (primary N) is 1. The lowest BCUT2D eigenvalue weighted by Gasteiger charge is -2.33. The van der Waals surface area contributed by atoms with Crippen LogP contribution in [0.25, 0.3) is 0 Å². The van der Waals surface area contributed by atoms with Gasteiger partial charge in [-0.1, -0.05) is 27.7 Å². The molecule has 0 aromatic carbocycles. The minimum atomic E-state index is -1.82. The van der Waals surface area contributed by atoms with Crippen LogP contribution < -0.4 is 5.73 Å². The number of rotatable bonds is 2. The number of aliphatic carboxylic acids is 2. The van der Waals surface area contributed by atoms with Gasteiger partial charge in [-0.25, -0.2) is 9.59 Å². The number of hydrogen-bond acceptors (Lipinski definition) is 3. The van der Waals surface area contributed by atoms with Crippen LogP contribution in [0.5, 0.6) is 0 Å². The molecule has 0 rings (SSSR count). The normalized spacial score (nSPS) is 10.9. The van der Waals surface area contributed by atoms with E-state index in [-0.39, 0.29) is 5.54 Å². The molecule has 0 radical (unpaired) electrons. The second kappa shape index (κ2) is 6.40. The number of carboxylic acids is 2. The average Bonchev–Trinajstić information content (AvgIpc) is 2.04. The average molecular weight is 219 g/mol. The zero-order valence-electron chi connectivity index (χ0n) is 9.94. The summed E-state index contributed by atoms with van der Waals surface area (Å²) < 4.78 is 0. The van der Waals surface area contributed by atoms with Crippen molar-refractivity contribution >= 4 is 11.9 Å². The van der Waals surface area contributed by atoms with Crippen LogP contribution in [0.4, 0.5) is 0 Å². The van der Waals surface area contributed by atoms with Gasteiger partial charge in [-0.15, -0.1) is 0 Å². The smallest absolute Gasteiger partial charge is 0.414 e. The predicted molar refractivity (Wildman–Crippen MR) is 57.5 cm³/mol. The molecule has 5 nitrogen and oxygen atoms in total. The van der Waals surface area contributed by atoms with E-state index in [1.807, 2.05) is 0 Å². The summed E-state index contributed by atoms with van der Waals surface area (Å²) in [6, 6.07) is 0. The van der Waals surface area contributed by atoms with E-state index in [4.69, 9.17) is 25.5 Å². The molecule has 0 saturated heterocycles.